The fourth-order valence-electron chi connectivity index (χ4n) is 2.59. The molecule has 8 nitrogen and oxygen atoms in total. The summed E-state index contributed by atoms with van der Waals surface area (Å²) in [6, 6.07) is -0.473. The highest BCUT2D eigenvalue weighted by Crippen LogP contribution is 2.31. The number of hydrogen-bond donors (Lipinski definition) is 2. The molecule has 144 valence electrons. The number of esters is 1. The number of hydrogen-bond acceptors (Lipinski definition) is 7. The van der Waals surface area contributed by atoms with Gasteiger partial charge in [-0.05, 0) is 19.3 Å². The zero-order valence-corrected chi connectivity index (χ0v) is 15.9. The van der Waals surface area contributed by atoms with E-state index in [0.717, 1.165) is 25.7 Å². The largest absolute Gasteiger partial charge is 0.466 e. The van der Waals surface area contributed by atoms with Crippen molar-refractivity contribution in [2.75, 3.05) is 26.6 Å². The standard InChI is InChI=1S/C16H28N2O6S/c1-4-9-24-13(19)8-6-5-7-12-14(18-16(21)23-3)11(10-25-12)17-15(20)22-2/h11-12,14H,4-10H2,1-3H3,(H,17,20)(H,18,21)/t11-,12+,14+/m1/s1. The summed E-state index contributed by atoms with van der Waals surface area (Å²) in [6.45, 7) is 2.42. The lowest BCUT2D eigenvalue weighted by molar-refractivity contribution is -0.143. The Morgan fingerprint density at radius 2 is 1.76 bits per heavy atom. The van der Waals surface area contributed by atoms with Gasteiger partial charge in [0.2, 0.25) is 0 Å². The number of rotatable bonds is 9. The van der Waals surface area contributed by atoms with Crippen molar-refractivity contribution in [3.05, 3.63) is 0 Å². The summed E-state index contributed by atoms with van der Waals surface area (Å²) in [7, 11) is 2.60. The Morgan fingerprint density at radius 1 is 1.08 bits per heavy atom. The number of carbonyl (C=O) groups is 3. The van der Waals surface area contributed by atoms with Crippen molar-refractivity contribution in [3.63, 3.8) is 0 Å². The number of carbonyl (C=O) groups excluding carboxylic acids is 3. The molecule has 0 spiro atoms. The minimum atomic E-state index is -0.530. The summed E-state index contributed by atoms with van der Waals surface area (Å²) in [6.07, 6.45) is 2.55. The fourth-order valence-corrected chi connectivity index (χ4v) is 4.13. The average molecular weight is 376 g/mol. The molecule has 3 atom stereocenters. The zero-order chi connectivity index (χ0) is 18.7. The van der Waals surface area contributed by atoms with Crippen molar-refractivity contribution in [1.29, 1.82) is 0 Å². The van der Waals surface area contributed by atoms with Gasteiger partial charge < -0.3 is 24.8 Å². The van der Waals surface area contributed by atoms with Gasteiger partial charge in [-0.2, -0.15) is 11.8 Å². The molecule has 0 aromatic rings. The first-order valence-electron chi connectivity index (χ1n) is 8.48. The van der Waals surface area contributed by atoms with Gasteiger partial charge in [-0.1, -0.05) is 13.3 Å². The molecule has 9 heteroatoms. The van der Waals surface area contributed by atoms with Crippen LogP contribution in [0.5, 0.6) is 0 Å². The lowest BCUT2D eigenvalue weighted by Gasteiger charge is -2.24. The molecule has 1 aliphatic rings. The fraction of sp³-hybridized carbons (Fsp3) is 0.812. The molecule has 25 heavy (non-hydrogen) atoms. The predicted octanol–water partition coefficient (Wildman–Crippen LogP) is 2.06. The van der Waals surface area contributed by atoms with E-state index >= 15 is 0 Å². The van der Waals surface area contributed by atoms with E-state index < -0.39 is 12.2 Å². The third-order valence-corrected chi connectivity index (χ3v) is 5.38. The van der Waals surface area contributed by atoms with Crippen LogP contribution in [0.2, 0.25) is 0 Å². The van der Waals surface area contributed by atoms with Crippen LogP contribution in [0.15, 0.2) is 0 Å². The molecule has 0 aliphatic carbocycles. The molecule has 0 unspecified atom stereocenters. The molecule has 1 rings (SSSR count). The summed E-state index contributed by atoms with van der Waals surface area (Å²) >= 11 is 1.68. The van der Waals surface area contributed by atoms with Crippen LogP contribution in [0.25, 0.3) is 0 Å². The third kappa shape index (κ3) is 7.85. The third-order valence-electron chi connectivity index (χ3n) is 3.87. The Morgan fingerprint density at radius 3 is 2.40 bits per heavy atom. The maximum Gasteiger partial charge on any atom is 0.407 e. The Hall–Kier alpha value is -1.64. The van der Waals surface area contributed by atoms with Crippen molar-refractivity contribution in [2.24, 2.45) is 0 Å². The lowest BCUT2D eigenvalue weighted by Crippen LogP contribution is -2.53. The quantitative estimate of drug-likeness (QED) is 0.361. The highest BCUT2D eigenvalue weighted by atomic mass is 32.2. The normalized spacial score (nSPS) is 22.1. The molecule has 0 radical (unpaired) electrons. The van der Waals surface area contributed by atoms with Crippen LogP contribution >= 0.6 is 11.8 Å². The van der Waals surface area contributed by atoms with E-state index in [1.54, 1.807) is 11.8 Å². The van der Waals surface area contributed by atoms with Crippen LogP contribution in [-0.2, 0) is 19.0 Å². The van der Waals surface area contributed by atoms with Gasteiger partial charge in [0.1, 0.15) is 0 Å². The predicted molar refractivity (Wildman–Crippen MR) is 94.6 cm³/mol. The maximum absolute atomic E-state index is 11.6. The second kappa shape index (κ2) is 11.8. The van der Waals surface area contributed by atoms with Crippen molar-refractivity contribution in [3.8, 4) is 0 Å². The van der Waals surface area contributed by atoms with Crippen molar-refractivity contribution in [1.82, 2.24) is 10.6 Å². The summed E-state index contributed by atoms with van der Waals surface area (Å²) < 4.78 is 14.3. The van der Waals surface area contributed by atoms with Gasteiger partial charge in [0, 0.05) is 17.4 Å². The van der Waals surface area contributed by atoms with E-state index in [-0.39, 0.29) is 23.3 Å². The molecule has 0 aromatic carbocycles. The number of amides is 2. The van der Waals surface area contributed by atoms with Crippen LogP contribution in [0.1, 0.15) is 39.0 Å². The Labute approximate surface area is 152 Å². The Kier molecular flexibility index (Phi) is 10.1. The summed E-state index contributed by atoms with van der Waals surface area (Å²) in [5, 5.41) is 5.67. The van der Waals surface area contributed by atoms with Gasteiger partial charge in [-0.15, -0.1) is 0 Å². The second-order valence-corrected chi connectivity index (χ2v) is 7.01. The molecule has 0 saturated carbocycles. The molecule has 1 saturated heterocycles. The summed E-state index contributed by atoms with van der Waals surface area (Å²) in [4.78, 5) is 34.5. The summed E-state index contributed by atoms with van der Waals surface area (Å²) in [5.74, 6) is 0.503. The Balaban J connectivity index is 2.45. The van der Waals surface area contributed by atoms with E-state index in [4.69, 9.17) is 4.74 Å². The van der Waals surface area contributed by atoms with Crippen LogP contribution < -0.4 is 10.6 Å². The topological polar surface area (TPSA) is 103 Å². The van der Waals surface area contributed by atoms with Crippen LogP contribution in [0, 0.1) is 0 Å². The van der Waals surface area contributed by atoms with Crippen LogP contribution in [0.3, 0.4) is 0 Å². The molecular formula is C16H28N2O6S. The van der Waals surface area contributed by atoms with E-state index in [2.05, 4.69) is 20.1 Å². The molecule has 0 aromatic heterocycles. The van der Waals surface area contributed by atoms with E-state index in [9.17, 15) is 14.4 Å². The molecule has 1 heterocycles. The number of methoxy groups -OCH3 is 2. The van der Waals surface area contributed by atoms with Crippen molar-refractivity contribution >= 4 is 29.9 Å². The molecule has 2 N–H and O–H groups in total. The highest BCUT2D eigenvalue weighted by molar-refractivity contribution is 8.00. The smallest absolute Gasteiger partial charge is 0.407 e. The van der Waals surface area contributed by atoms with E-state index in [1.807, 2.05) is 6.92 Å². The number of alkyl carbamates (subject to hydrolysis) is 2. The maximum atomic E-state index is 11.6. The van der Waals surface area contributed by atoms with Gasteiger partial charge in [0.15, 0.2) is 0 Å². The Bertz CT molecular complexity index is 448. The molecule has 0 bridgehead atoms. The lowest BCUT2D eigenvalue weighted by atomic mass is 10.0. The van der Waals surface area contributed by atoms with E-state index in [0.29, 0.717) is 18.8 Å². The summed E-state index contributed by atoms with van der Waals surface area (Å²) in [5.41, 5.74) is 0. The first kappa shape index (κ1) is 21.4. The number of thioether (sulfide) groups is 1. The second-order valence-electron chi connectivity index (χ2n) is 5.74. The molecule has 1 aliphatic heterocycles. The molecule has 2 amide bonds. The van der Waals surface area contributed by atoms with Gasteiger partial charge in [0.05, 0.1) is 32.9 Å². The number of nitrogens with one attached hydrogen (secondary N) is 2. The van der Waals surface area contributed by atoms with Gasteiger partial charge in [-0.25, -0.2) is 9.59 Å². The zero-order valence-electron chi connectivity index (χ0n) is 15.0. The van der Waals surface area contributed by atoms with E-state index in [1.165, 1.54) is 14.2 Å². The minimum Gasteiger partial charge on any atom is -0.466 e. The number of ether oxygens (including phenoxy) is 3. The highest BCUT2D eigenvalue weighted by Gasteiger charge is 2.38. The minimum absolute atomic E-state index is 0.132. The molecular weight excluding hydrogens is 348 g/mol. The van der Waals surface area contributed by atoms with Crippen LogP contribution in [0.4, 0.5) is 9.59 Å². The first-order valence-corrected chi connectivity index (χ1v) is 9.52. The van der Waals surface area contributed by atoms with Crippen LogP contribution in [-0.4, -0.2) is 62.1 Å². The first-order chi connectivity index (χ1) is 12.0. The van der Waals surface area contributed by atoms with Gasteiger partial charge >= 0.3 is 18.2 Å². The van der Waals surface area contributed by atoms with Gasteiger partial charge in [0.25, 0.3) is 0 Å². The van der Waals surface area contributed by atoms with Crippen molar-refractivity contribution < 1.29 is 28.6 Å². The molecule has 1 fully saturated rings. The monoisotopic (exact) mass is 376 g/mol. The SMILES string of the molecule is CCCOC(=O)CCCC[C@@H]1SC[C@@H](NC(=O)OC)[C@@H]1NC(=O)OC. The number of unbranched alkanes of at least 4 members (excludes halogenated alkanes) is 1. The average Bonchev–Trinajstić information content (AvgIpc) is 2.98. The van der Waals surface area contributed by atoms with Gasteiger partial charge in [-0.3, -0.25) is 4.79 Å². The van der Waals surface area contributed by atoms with Crippen molar-refractivity contribution in [2.45, 2.75) is 56.4 Å².